The summed E-state index contributed by atoms with van der Waals surface area (Å²) in [6.45, 7) is 8.01. The maximum absolute atomic E-state index is 11.9. The topological polar surface area (TPSA) is 46.3 Å². The summed E-state index contributed by atoms with van der Waals surface area (Å²) < 4.78 is 0. The lowest BCUT2D eigenvalue weighted by Crippen LogP contribution is -2.45. The third-order valence-electron chi connectivity index (χ3n) is 3.14. The van der Waals surface area contributed by atoms with Gasteiger partial charge in [-0.3, -0.25) is 4.79 Å². The molecule has 96 valence electrons. The van der Waals surface area contributed by atoms with E-state index in [0.717, 1.165) is 19.5 Å². The number of carbonyl (C=O) groups is 1. The second-order valence-electron chi connectivity index (χ2n) is 5.20. The van der Waals surface area contributed by atoms with Gasteiger partial charge in [0.2, 0.25) is 5.91 Å². The first-order valence-corrected chi connectivity index (χ1v) is 6.04. The van der Waals surface area contributed by atoms with Gasteiger partial charge in [0.05, 0.1) is 0 Å². The monoisotopic (exact) mass is 248 g/mol. The Morgan fingerprint density at radius 1 is 1.44 bits per heavy atom. The average Bonchev–Trinajstić information content (AvgIpc) is 2.17. The predicted molar refractivity (Wildman–Crippen MR) is 69.7 cm³/mol. The van der Waals surface area contributed by atoms with Crippen molar-refractivity contribution in [2.45, 2.75) is 46.1 Å². The van der Waals surface area contributed by atoms with Crippen molar-refractivity contribution < 1.29 is 4.79 Å². The smallest absolute Gasteiger partial charge is 0.222 e. The Hall–Kier alpha value is -0.280. The number of amides is 1. The molecule has 1 aliphatic heterocycles. The Morgan fingerprint density at radius 3 is 2.56 bits per heavy atom. The highest BCUT2D eigenvalue weighted by Gasteiger charge is 2.25. The molecule has 1 saturated heterocycles. The first-order valence-electron chi connectivity index (χ1n) is 6.04. The van der Waals surface area contributed by atoms with Crippen molar-refractivity contribution in [3.8, 4) is 0 Å². The van der Waals surface area contributed by atoms with E-state index in [2.05, 4.69) is 13.8 Å². The van der Waals surface area contributed by atoms with Crippen LogP contribution in [0.5, 0.6) is 0 Å². The summed E-state index contributed by atoms with van der Waals surface area (Å²) in [6.07, 6.45) is 2.95. The van der Waals surface area contributed by atoms with Crippen LogP contribution in [0.25, 0.3) is 0 Å². The van der Waals surface area contributed by atoms with E-state index in [-0.39, 0.29) is 18.4 Å². The van der Waals surface area contributed by atoms with Gasteiger partial charge in [-0.05, 0) is 31.6 Å². The van der Waals surface area contributed by atoms with Crippen molar-refractivity contribution in [1.29, 1.82) is 0 Å². The summed E-state index contributed by atoms with van der Waals surface area (Å²) in [5.41, 5.74) is 5.89. The van der Waals surface area contributed by atoms with Crippen molar-refractivity contribution in [1.82, 2.24) is 4.90 Å². The number of halogens is 1. The zero-order chi connectivity index (χ0) is 11.4. The summed E-state index contributed by atoms with van der Waals surface area (Å²) in [5.74, 6) is 1.25. The quantitative estimate of drug-likeness (QED) is 0.831. The minimum absolute atomic E-state index is 0. The van der Waals surface area contributed by atoms with E-state index in [1.165, 1.54) is 6.42 Å². The van der Waals surface area contributed by atoms with Crippen LogP contribution in [0.1, 0.15) is 40.0 Å². The standard InChI is InChI=1S/C12H24N2O.ClH/c1-9(2)7-12(15)14-6-4-5-11(8-14)10(3)13;/h9-11H,4-8,13H2,1-3H3;1H. The van der Waals surface area contributed by atoms with E-state index in [0.29, 0.717) is 24.2 Å². The van der Waals surface area contributed by atoms with Crippen LogP contribution in [-0.4, -0.2) is 29.9 Å². The molecule has 1 rings (SSSR count). The zero-order valence-corrected chi connectivity index (χ0v) is 11.4. The molecule has 4 heteroatoms. The molecule has 2 unspecified atom stereocenters. The fraction of sp³-hybridized carbons (Fsp3) is 0.917. The van der Waals surface area contributed by atoms with Crippen molar-refractivity contribution in [3.63, 3.8) is 0 Å². The average molecular weight is 249 g/mol. The molecule has 3 nitrogen and oxygen atoms in total. The van der Waals surface area contributed by atoms with Gasteiger partial charge in [0.15, 0.2) is 0 Å². The van der Waals surface area contributed by atoms with E-state index in [9.17, 15) is 4.79 Å². The van der Waals surface area contributed by atoms with E-state index < -0.39 is 0 Å². The molecule has 0 spiro atoms. The number of nitrogens with two attached hydrogens (primary N) is 1. The minimum Gasteiger partial charge on any atom is -0.342 e. The molecule has 0 aliphatic carbocycles. The first-order chi connectivity index (χ1) is 7.00. The van der Waals surface area contributed by atoms with Crippen LogP contribution in [0.2, 0.25) is 0 Å². The van der Waals surface area contributed by atoms with Crippen molar-refractivity contribution in [3.05, 3.63) is 0 Å². The van der Waals surface area contributed by atoms with E-state index >= 15 is 0 Å². The maximum atomic E-state index is 11.9. The Kier molecular flexibility index (Phi) is 7.00. The van der Waals surface area contributed by atoms with Crippen molar-refractivity contribution in [2.24, 2.45) is 17.6 Å². The second-order valence-corrected chi connectivity index (χ2v) is 5.20. The summed E-state index contributed by atoms with van der Waals surface area (Å²) in [6, 6.07) is 0.208. The highest BCUT2D eigenvalue weighted by molar-refractivity contribution is 5.85. The molecule has 1 heterocycles. The second kappa shape index (κ2) is 7.13. The molecule has 1 amide bonds. The molecule has 2 N–H and O–H groups in total. The molecule has 1 fully saturated rings. The van der Waals surface area contributed by atoms with E-state index in [4.69, 9.17) is 5.73 Å². The van der Waals surface area contributed by atoms with Crippen LogP contribution >= 0.6 is 12.4 Å². The van der Waals surface area contributed by atoms with Crippen LogP contribution in [0.15, 0.2) is 0 Å². The maximum Gasteiger partial charge on any atom is 0.222 e. The normalized spacial score (nSPS) is 22.8. The summed E-state index contributed by atoms with van der Waals surface area (Å²) in [7, 11) is 0. The SMILES string of the molecule is CC(C)CC(=O)N1CCCC(C(C)N)C1.Cl. The van der Waals surface area contributed by atoms with Gasteiger partial charge in [0, 0.05) is 25.6 Å². The molecule has 2 atom stereocenters. The molecule has 16 heavy (non-hydrogen) atoms. The van der Waals surface area contributed by atoms with Gasteiger partial charge >= 0.3 is 0 Å². The van der Waals surface area contributed by atoms with Gasteiger partial charge in [-0.2, -0.15) is 0 Å². The molecule has 1 aliphatic rings. The van der Waals surface area contributed by atoms with E-state index in [1.54, 1.807) is 0 Å². The largest absolute Gasteiger partial charge is 0.342 e. The van der Waals surface area contributed by atoms with Crippen LogP contribution < -0.4 is 5.73 Å². The Morgan fingerprint density at radius 2 is 2.06 bits per heavy atom. The Balaban J connectivity index is 0.00000225. The molecule has 0 bridgehead atoms. The predicted octanol–water partition coefficient (Wildman–Crippen LogP) is 2.04. The number of nitrogens with zero attached hydrogens (tertiary/aromatic N) is 1. The molecular weight excluding hydrogens is 224 g/mol. The van der Waals surface area contributed by atoms with Gasteiger partial charge in [0.25, 0.3) is 0 Å². The lowest BCUT2D eigenvalue weighted by molar-refractivity contribution is -0.133. The number of rotatable bonds is 3. The van der Waals surface area contributed by atoms with Gasteiger partial charge in [-0.15, -0.1) is 12.4 Å². The molecule has 0 saturated carbocycles. The zero-order valence-electron chi connectivity index (χ0n) is 10.6. The van der Waals surface area contributed by atoms with Crippen molar-refractivity contribution >= 4 is 18.3 Å². The number of piperidine rings is 1. The minimum atomic E-state index is 0. The molecular formula is C12H25ClN2O. The fourth-order valence-electron chi connectivity index (χ4n) is 2.14. The van der Waals surface area contributed by atoms with Crippen LogP contribution in [0, 0.1) is 11.8 Å². The van der Waals surface area contributed by atoms with Gasteiger partial charge < -0.3 is 10.6 Å². The van der Waals surface area contributed by atoms with E-state index in [1.807, 2.05) is 11.8 Å². The first kappa shape index (κ1) is 15.7. The molecule has 0 aromatic carbocycles. The van der Waals surface area contributed by atoms with Gasteiger partial charge in [-0.25, -0.2) is 0 Å². The molecule has 0 aromatic heterocycles. The fourth-order valence-corrected chi connectivity index (χ4v) is 2.14. The van der Waals surface area contributed by atoms with Gasteiger partial charge in [-0.1, -0.05) is 13.8 Å². The molecule has 0 aromatic rings. The third-order valence-corrected chi connectivity index (χ3v) is 3.14. The number of carbonyl (C=O) groups excluding carboxylic acids is 1. The lowest BCUT2D eigenvalue weighted by atomic mass is 9.92. The van der Waals surface area contributed by atoms with Crippen LogP contribution in [0.4, 0.5) is 0 Å². The Bertz CT molecular complexity index is 219. The highest BCUT2D eigenvalue weighted by atomic mass is 35.5. The summed E-state index contributed by atoms with van der Waals surface area (Å²) in [5, 5.41) is 0. The Labute approximate surface area is 105 Å². The third kappa shape index (κ3) is 4.71. The van der Waals surface area contributed by atoms with Crippen molar-refractivity contribution in [2.75, 3.05) is 13.1 Å². The van der Waals surface area contributed by atoms with Crippen LogP contribution in [-0.2, 0) is 4.79 Å². The highest BCUT2D eigenvalue weighted by Crippen LogP contribution is 2.20. The number of hydrogen-bond acceptors (Lipinski definition) is 2. The number of likely N-dealkylation sites (tertiary alicyclic amines) is 1. The van der Waals surface area contributed by atoms with Gasteiger partial charge in [0.1, 0.15) is 0 Å². The van der Waals surface area contributed by atoms with Crippen LogP contribution in [0.3, 0.4) is 0 Å². The lowest BCUT2D eigenvalue weighted by Gasteiger charge is -2.35. The molecule has 0 radical (unpaired) electrons. The summed E-state index contributed by atoms with van der Waals surface area (Å²) >= 11 is 0. The summed E-state index contributed by atoms with van der Waals surface area (Å²) in [4.78, 5) is 13.9. The number of hydrogen-bond donors (Lipinski definition) is 1.